The fraction of sp³-hybridized carbons (Fsp3) is 0.188. The van der Waals surface area contributed by atoms with Crippen LogP contribution in [0, 0.1) is 0 Å². The summed E-state index contributed by atoms with van der Waals surface area (Å²) in [5.74, 6) is 0.179. The van der Waals surface area contributed by atoms with E-state index < -0.39 is 11.2 Å². The minimum atomic E-state index is -0.556. The Morgan fingerprint density at radius 2 is 1.86 bits per heavy atom. The zero-order valence-electron chi connectivity index (χ0n) is 12.1. The fourth-order valence-electron chi connectivity index (χ4n) is 2.31. The first kappa shape index (κ1) is 14.5. The van der Waals surface area contributed by atoms with E-state index >= 15 is 0 Å². The lowest BCUT2D eigenvalue weighted by Crippen LogP contribution is -2.30. The van der Waals surface area contributed by atoms with E-state index in [0.29, 0.717) is 21.7 Å². The summed E-state index contributed by atoms with van der Waals surface area (Å²) in [4.78, 5) is 31.1. The summed E-state index contributed by atoms with van der Waals surface area (Å²) in [5.41, 5.74) is 0.597. The molecule has 112 valence electrons. The van der Waals surface area contributed by atoms with Crippen molar-refractivity contribution in [2.24, 2.45) is 0 Å². The van der Waals surface area contributed by atoms with E-state index in [2.05, 4.69) is 9.97 Å². The van der Waals surface area contributed by atoms with Crippen LogP contribution in [-0.2, 0) is 0 Å². The third kappa shape index (κ3) is 2.33. The van der Waals surface area contributed by atoms with Crippen LogP contribution < -0.4 is 11.2 Å². The molecule has 0 aliphatic heterocycles. The van der Waals surface area contributed by atoms with Crippen LogP contribution in [0.15, 0.2) is 46.0 Å². The molecule has 0 fully saturated rings. The number of aromatic nitrogens is 3. The second kappa shape index (κ2) is 5.42. The molecule has 0 radical (unpaired) electrons. The van der Waals surface area contributed by atoms with E-state index in [1.165, 1.54) is 4.57 Å². The summed E-state index contributed by atoms with van der Waals surface area (Å²) in [6, 6.07) is 10.4. The van der Waals surface area contributed by atoms with E-state index in [1.54, 1.807) is 36.4 Å². The van der Waals surface area contributed by atoms with Gasteiger partial charge in [-0.05, 0) is 30.2 Å². The molecule has 0 atom stereocenters. The molecule has 1 aromatic carbocycles. The van der Waals surface area contributed by atoms with Crippen molar-refractivity contribution in [3.63, 3.8) is 0 Å². The number of halogens is 1. The van der Waals surface area contributed by atoms with Gasteiger partial charge in [0.2, 0.25) is 0 Å². The summed E-state index contributed by atoms with van der Waals surface area (Å²) in [5, 5.41) is 0.763. The van der Waals surface area contributed by atoms with Gasteiger partial charge in [0.05, 0.1) is 16.1 Å². The smallest absolute Gasteiger partial charge is 0.273 e. The zero-order chi connectivity index (χ0) is 15.9. The lowest BCUT2D eigenvalue weighted by Gasteiger charge is -2.12. The molecule has 0 bridgehead atoms. The van der Waals surface area contributed by atoms with Gasteiger partial charge in [0.15, 0.2) is 5.65 Å². The molecule has 1 N–H and O–H groups in total. The molecule has 0 saturated heterocycles. The summed E-state index contributed by atoms with van der Waals surface area (Å²) in [7, 11) is 0. The number of aromatic amines is 1. The molecule has 0 unspecified atom stereocenters. The van der Waals surface area contributed by atoms with Crippen molar-refractivity contribution in [3.05, 3.63) is 68.0 Å². The Balaban J connectivity index is 2.48. The topological polar surface area (TPSA) is 67.8 Å². The van der Waals surface area contributed by atoms with Crippen LogP contribution in [0.3, 0.4) is 0 Å². The molecule has 3 aromatic rings. The number of nitrogens with one attached hydrogen (secondary N) is 1. The van der Waals surface area contributed by atoms with Gasteiger partial charge in [0, 0.05) is 5.69 Å². The van der Waals surface area contributed by atoms with Crippen molar-refractivity contribution in [2.45, 2.75) is 19.8 Å². The van der Waals surface area contributed by atoms with Gasteiger partial charge in [-0.25, -0.2) is 14.3 Å². The first-order valence-electron chi connectivity index (χ1n) is 6.90. The highest BCUT2D eigenvalue weighted by atomic mass is 35.5. The first-order valence-corrected chi connectivity index (χ1v) is 7.27. The number of rotatable bonds is 2. The van der Waals surface area contributed by atoms with Crippen molar-refractivity contribution in [1.82, 2.24) is 14.5 Å². The van der Waals surface area contributed by atoms with Crippen molar-refractivity contribution < 1.29 is 0 Å². The predicted octanol–water partition coefficient (Wildman–Crippen LogP) is 2.85. The number of para-hydroxylation sites is 1. The monoisotopic (exact) mass is 315 g/mol. The molecule has 5 nitrogen and oxygen atoms in total. The Labute approximate surface area is 131 Å². The summed E-state index contributed by atoms with van der Waals surface area (Å²) < 4.78 is 1.34. The number of H-pyrrole nitrogens is 1. The number of fused-ring (bicyclic) bond motifs is 1. The molecule has 22 heavy (non-hydrogen) atoms. The third-order valence-electron chi connectivity index (χ3n) is 3.46. The van der Waals surface area contributed by atoms with E-state index in [9.17, 15) is 9.59 Å². The quantitative estimate of drug-likeness (QED) is 0.790. The number of hydrogen-bond acceptors (Lipinski definition) is 3. The van der Waals surface area contributed by atoms with Crippen molar-refractivity contribution >= 4 is 22.6 Å². The largest absolute Gasteiger partial charge is 0.334 e. The Kier molecular flexibility index (Phi) is 3.58. The molecule has 2 heterocycles. The highest BCUT2D eigenvalue weighted by molar-refractivity contribution is 6.32. The van der Waals surface area contributed by atoms with Crippen molar-refractivity contribution in [1.29, 1.82) is 0 Å². The lowest BCUT2D eigenvalue weighted by molar-refractivity contribution is 0.818. The maximum absolute atomic E-state index is 12.3. The van der Waals surface area contributed by atoms with Gasteiger partial charge in [-0.3, -0.25) is 9.78 Å². The van der Waals surface area contributed by atoms with Gasteiger partial charge in [0.1, 0.15) is 0 Å². The van der Waals surface area contributed by atoms with Gasteiger partial charge >= 0.3 is 5.69 Å². The van der Waals surface area contributed by atoms with Crippen LogP contribution in [0.4, 0.5) is 0 Å². The van der Waals surface area contributed by atoms with E-state index in [4.69, 9.17) is 11.6 Å². The normalized spacial score (nSPS) is 11.3. The minimum Gasteiger partial charge on any atom is -0.273 e. The van der Waals surface area contributed by atoms with Crippen LogP contribution in [0.1, 0.15) is 25.5 Å². The second-order valence-corrected chi connectivity index (χ2v) is 5.72. The molecular formula is C16H14ClN3O2. The Morgan fingerprint density at radius 3 is 2.55 bits per heavy atom. The maximum Gasteiger partial charge on any atom is 0.334 e. The molecule has 3 rings (SSSR count). The highest BCUT2D eigenvalue weighted by Crippen LogP contribution is 2.22. The maximum atomic E-state index is 12.3. The first-order chi connectivity index (χ1) is 10.5. The lowest BCUT2D eigenvalue weighted by atomic mass is 10.1. The predicted molar refractivity (Wildman–Crippen MR) is 87.1 cm³/mol. The Morgan fingerprint density at radius 1 is 1.14 bits per heavy atom. The summed E-state index contributed by atoms with van der Waals surface area (Å²) in [6.45, 7) is 4.00. The molecule has 0 amide bonds. The Bertz CT molecular complexity index is 973. The molecule has 0 aliphatic rings. The van der Waals surface area contributed by atoms with E-state index in [1.807, 2.05) is 13.8 Å². The minimum absolute atomic E-state index is 0.179. The average molecular weight is 316 g/mol. The third-order valence-corrected chi connectivity index (χ3v) is 3.78. The molecular weight excluding hydrogens is 302 g/mol. The van der Waals surface area contributed by atoms with Crippen LogP contribution in [0.2, 0.25) is 5.02 Å². The van der Waals surface area contributed by atoms with Crippen molar-refractivity contribution in [2.75, 3.05) is 0 Å². The van der Waals surface area contributed by atoms with Crippen LogP contribution in [0.5, 0.6) is 0 Å². The van der Waals surface area contributed by atoms with Crippen molar-refractivity contribution in [3.8, 4) is 5.69 Å². The summed E-state index contributed by atoms with van der Waals surface area (Å²) >= 11 is 6.19. The van der Waals surface area contributed by atoms with Crippen LogP contribution >= 0.6 is 11.6 Å². The standard InChI is InChI=1S/C16H14ClN3O2/c1-9(2)12-8-7-10-14(18-12)20(16(22)19-15(10)21)13-6-4-3-5-11(13)17/h3-9H,1-2H3,(H,19,21,22). The zero-order valence-corrected chi connectivity index (χ0v) is 12.9. The number of hydrogen-bond donors (Lipinski definition) is 1. The second-order valence-electron chi connectivity index (χ2n) is 5.31. The van der Waals surface area contributed by atoms with Gasteiger partial charge in [-0.15, -0.1) is 0 Å². The van der Waals surface area contributed by atoms with Crippen LogP contribution in [0.25, 0.3) is 16.7 Å². The molecule has 0 aliphatic carbocycles. The number of nitrogens with zero attached hydrogens (tertiary/aromatic N) is 2. The van der Waals surface area contributed by atoms with E-state index in [-0.39, 0.29) is 5.92 Å². The van der Waals surface area contributed by atoms with E-state index in [0.717, 1.165) is 5.69 Å². The fourth-order valence-corrected chi connectivity index (χ4v) is 2.53. The van der Waals surface area contributed by atoms with Gasteiger partial charge in [-0.2, -0.15) is 0 Å². The number of pyridine rings is 1. The average Bonchev–Trinajstić information content (AvgIpc) is 2.48. The molecule has 0 saturated carbocycles. The van der Waals surface area contributed by atoms with Gasteiger partial charge in [0.25, 0.3) is 5.56 Å². The van der Waals surface area contributed by atoms with Gasteiger partial charge in [-0.1, -0.05) is 37.6 Å². The molecule has 0 spiro atoms. The van der Waals surface area contributed by atoms with Gasteiger partial charge < -0.3 is 0 Å². The number of benzene rings is 1. The molecule has 2 aromatic heterocycles. The Hall–Kier alpha value is -2.40. The summed E-state index contributed by atoms with van der Waals surface area (Å²) in [6.07, 6.45) is 0. The van der Waals surface area contributed by atoms with Crippen LogP contribution in [-0.4, -0.2) is 14.5 Å². The molecule has 6 heteroatoms. The highest BCUT2D eigenvalue weighted by Gasteiger charge is 2.14. The SMILES string of the molecule is CC(C)c1ccc2c(=O)[nH]c(=O)n(-c3ccccc3Cl)c2n1.